The maximum atomic E-state index is 12.9. The van der Waals surface area contributed by atoms with Gasteiger partial charge in [0.25, 0.3) is 5.56 Å². The van der Waals surface area contributed by atoms with Gasteiger partial charge in [0.1, 0.15) is 12.3 Å². The number of hydrogen-bond donors (Lipinski definition) is 1. The van der Waals surface area contributed by atoms with Crippen molar-refractivity contribution in [1.29, 1.82) is 0 Å². The molecular formula is C26H35N5O3. The first-order valence-electron chi connectivity index (χ1n) is 12.6. The number of ether oxygens (including phenoxy) is 1. The Morgan fingerprint density at radius 3 is 2.76 bits per heavy atom. The van der Waals surface area contributed by atoms with E-state index in [-0.39, 0.29) is 18.0 Å². The molecule has 2 aliphatic rings. The molecule has 2 fully saturated rings. The molecule has 0 spiro atoms. The number of aryl methyl sites for hydroxylation is 1. The van der Waals surface area contributed by atoms with Crippen molar-refractivity contribution in [3.05, 3.63) is 34.7 Å². The van der Waals surface area contributed by atoms with E-state index in [4.69, 9.17) is 4.74 Å². The molecule has 8 nitrogen and oxygen atoms in total. The Hall–Kier alpha value is -2.87. The molecule has 8 heteroatoms. The highest BCUT2D eigenvalue weighted by atomic mass is 16.5. The summed E-state index contributed by atoms with van der Waals surface area (Å²) in [6.45, 7) is 3.05. The Morgan fingerprint density at radius 1 is 1.15 bits per heavy atom. The summed E-state index contributed by atoms with van der Waals surface area (Å²) < 4.78 is 8.65. The lowest BCUT2D eigenvalue weighted by molar-refractivity contribution is -0.122. The van der Waals surface area contributed by atoms with E-state index in [0.717, 1.165) is 29.9 Å². The summed E-state index contributed by atoms with van der Waals surface area (Å²) in [5.74, 6) is 1.12. The van der Waals surface area contributed by atoms with Crippen molar-refractivity contribution in [2.45, 2.75) is 57.5 Å². The number of piperidine rings is 1. The van der Waals surface area contributed by atoms with Crippen LogP contribution in [0.15, 0.2) is 29.2 Å². The third-order valence-electron chi connectivity index (χ3n) is 7.72. The number of carbonyl (C=O) groups is 1. The van der Waals surface area contributed by atoms with E-state index in [2.05, 4.69) is 15.3 Å². The van der Waals surface area contributed by atoms with Gasteiger partial charge in [0.05, 0.1) is 29.7 Å². The van der Waals surface area contributed by atoms with E-state index in [0.29, 0.717) is 29.1 Å². The van der Waals surface area contributed by atoms with Gasteiger partial charge < -0.3 is 19.5 Å². The van der Waals surface area contributed by atoms with E-state index >= 15 is 0 Å². The molecule has 0 bridgehead atoms. The summed E-state index contributed by atoms with van der Waals surface area (Å²) in [6.07, 6.45) is 10.7. The van der Waals surface area contributed by atoms with Gasteiger partial charge in [-0.15, -0.1) is 0 Å². The number of likely N-dealkylation sites (tertiary alicyclic amines) is 1. The zero-order valence-corrected chi connectivity index (χ0v) is 20.3. The predicted molar refractivity (Wildman–Crippen MR) is 133 cm³/mol. The Morgan fingerprint density at radius 2 is 1.97 bits per heavy atom. The summed E-state index contributed by atoms with van der Waals surface area (Å²) in [5.41, 5.74) is 1.34. The molecule has 1 saturated carbocycles. The van der Waals surface area contributed by atoms with Gasteiger partial charge in [-0.1, -0.05) is 19.3 Å². The first kappa shape index (κ1) is 22.9. The summed E-state index contributed by atoms with van der Waals surface area (Å²) in [4.78, 5) is 28.4. The number of nitrogens with zero attached hydrogens (tertiary/aromatic N) is 4. The van der Waals surface area contributed by atoms with Crippen LogP contribution in [-0.2, 0) is 18.4 Å². The fourth-order valence-corrected chi connectivity index (χ4v) is 5.85. The Labute approximate surface area is 199 Å². The van der Waals surface area contributed by atoms with Crippen LogP contribution in [0.3, 0.4) is 0 Å². The average Bonchev–Trinajstić information content (AvgIpc) is 3.30. The highest BCUT2D eigenvalue weighted by Gasteiger charge is 2.27. The molecule has 1 atom stereocenters. The molecule has 34 heavy (non-hydrogen) atoms. The molecule has 1 aliphatic carbocycles. The predicted octanol–water partition coefficient (Wildman–Crippen LogP) is 3.06. The third kappa shape index (κ3) is 4.43. The van der Waals surface area contributed by atoms with Gasteiger partial charge >= 0.3 is 0 Å². The maximum Gasteiger partial charge on any atom is 0.261 e. The van der Waals surface area contributed by atoms with E-state index in [1.54, 1.807) is 29.6 Å². The number of hydrogen-bond acceptors (Lipinski definition) is 5. The standard InChI is InChI=1S/C26H35N5O3/c1-29-23-11-10-20(34-2)13-21(23)25-22(26(29)33)15-28-31(25)17-24(32)27-14-18-7-6-12-30(16-18)19-8-4-3-5-9-19/h10-11,13,15,18-19H,3-9,12,14,16-17H2,1-2H3,(H,27,32). The minimum Gasteiger partial charge on any atom is -0.497 e. The third-order valence-corrected chi connectivity index (χ3v) is 7.72. The van der Waals surface area contributed by atoms with E-state index < -0.39 is 0 Å². The van der Waals surface area contributed by atoms with Crippen molar-refractivity contribution in [2.24, 2.45) is 13.0 Å². The molecule has 3 heterocycles. The summed E-state index contributed by atoms with van der Waals surface area (Å²) >= 11 is 0. The number of amides is 1. The Kier molecular flexibility index (Phi) is 6.59. The van der Waals surface area contributed by atoms with Crippen molar-refractivity contribution >= 4 is 27.7 Å². The van der Waals surface area contributed by atoms with E-state index in [1.807, 2.05) is 18.2 Å². The minimum atomic E-state index is -0.121. The fourth-order valence-electron chi connectivity index (χ4n) is 5.85. The normalized spacial score (nSPS) is 20.1. The monoisotopic (exact) mass is 465 g/mol. The van der Waals surface area contributed by atoms with Crippen molar-refractivity contribution in [2.75, 3.05) is 26.7 Å². The Bertz CT molecular complexity index is 1240. The second kappa shape index (κ2) is 9.78. The zero-order chi connectivity index (χ0) is 23.7. The first-order chi connectivity index (χ1) is 16.5. The van der Waals surface area contributed by atoms with Crippen LogP contribution in [0.2, 0.25) is 0 Å². The molecule has 1 saturated heterocycles. The van der Waals surface area contributed by atoms with Crippen LogP contribution in [0.5, 0.6) is 5.75 Å². The molecule has 5 rings (SSSR count). The van der Waals surface area contributed by atoms with Gasteiger partial charge in [-0.05, 0) is 56.3 Å². The van der Waals surface area contributed by atoms with Crippen molar-refractivity contribution < 1.29 is 9.53 Å². The average molecular weight is 466 g/mol. The number of benzene rings is 1. The number of fused-ring (bicyclic) bond motifs is 3. The maximum absolute atomic E-state index is 12.9. The lowest BCUT2D eigenvalue weighted by Gasteiger charge is -2.40. The van der Waals surface area contributed by atoms with Crippen molar-refractivity contribution in [3.63, 3.8) is 0 Å². The minimum absolute atomic E-state index is 0.0727. The number of pyridine rings is 1. The number of nitrogens with one attached hydrogen (secondary N) is 1. The topological polar surface area (TPSA) is 81.4 Å². The highest BCUT2D eigenvalue weighted by Crippen LogP contribution is 2.28. The molecule has 182 valence electrons. The second-order valence-corrected chi connectivity index (χ2v) is 9.91. The van der Waals surface area contributed by atoms with Gasteiger partial charge in [-0.2, -0.15) is 5.10 Å². The molecule has 1 aromatic carbocycles. The number of rotatable bonds is 6. The van der Waals surface area contributed by atoms with Gasteiger partial charge in [0.15, 0.2) is 0 Å². The molecule has 0 radical (unpaired) electrons. The van der Waals surface area contributed by atoms with Crippen LogP contribution >= 0.6 is 0 Å². The molecule has 2 aromatic heterocycles. The summed E-state index contributed by atoms with van der Waals surface area (Å²) in [6, 6.07) is 6.33. The van der Waals surface area contributed by atoms with E-state index in [9.17, 15) is 9.59 Å². The second-order valence-electron chi connectivity index (χ2n) is 9.91. The van der Waals surface area contributed by atoms with Crippen LogP contribution in [0.4, 0.5) is 0 Å². The van der Waals surface area contributed by atoms with Crippen molar-refractivity contribution in [1.82, 2.24) is 24.6 Å². The van der Waals surface area contributed by atoms with Gasteiger partial charge in [-0.3, -0.25) is 14.3 Å². The van der Waals surface area contributed by atoms with E-state index in [1.165, 1.54) is 45.1 Å². The van der Waals surface area contributed by atoms with Gasteiger partial charge in [0.2, 0.25) is 5.91 Å². The lowest BCUT2D eigenvalue weighted by atomic mass is 9.90. The smallest absolute Gasteiger partial charge is 0.261 e. The zero-order valence-electron chi connectivity index (χ0n) is 20.3. The Balaban J connectivity index is 1.29. The molecule has 1 amide bonds. The highest BCUT2D eigenvalue weighted by molar-refractivity contribution is 6.04. The van der Waals surface area contributed by atoms with Crippen LogP contribution < -0.4 is 15.6 Å². The molecule has 1 unspecified atom stereocenters. The van der Waals surface area contributed by atoms with Crippen LogP contribution in [-0.4, -0.2) is 57.9 Å². The van der Waals surface area contributed by atoms with Crippen LogP contribution in [0.1, 0.15) is 44.9 Å². The first-order valence-corrected chi connectivity index (χ1v) is 12.6. The quantitative estimate of drug-likeness (QED) is 0.605. The molecular weight excluding hydrogens is 430 g/mol. The largest absolute Gasteiger partial charge is 0.497 e. The van der Waals surface area contributed by atoms with Gasteiger partial charge in [-0.25, -0.2) is 0 Å². The van der Waals surface area contributed by atoms with Crippen molar-refractivity contribution in [3.8, 4) is 5.75 Å². The molecule has 3 aromatic rings. The molecule has 1 aliphatic heterocycles. The lowest BCUT2D eigenvalue weighted by Crippen LogP contribution is -2.46. The van der Waals surface area contributed by atoms with Crippen LogP contribution in [0.25, 0.3) is 21.8 Å². The van der Waals surface area contributed by atoms with Gasteiger partial charge in [0, 0.05) is 31.6 Å². The fraction of sp³-hybridized carbons (Fsp3) is 0.577. The number of methoxy groups -OCH3 is 1. The summed E-state index contributed by atoms with van der Waals surface area (Å²) in [5, 5.41) is 8.90. The number of carbonyl (C=O) groups excluding carboxylic acids is 1. The molecule has 1 N–H and O–H groups in total. The number of aromatic nitrogens is 3. The summed E-state index contributed by atoms with van der Waals surface area (Å²) in [7, 11) is 3.37. The van der Waals surface area contributed by atoms with Crippen LogP contribution in [0, 0.1) is 5.92 Å². The SMILES string of the molecule is COc1ccc2c(c1)c1c(cnn1CC(=O)NCC1CCCN(C3CCCCC3)C1)c(=O)n2C.